The van der Waals surface area contributed by atoms with Gasteiger partial charge in [-0.25, -0.2) is 0 Å². The van der Waals surface area contributed by atoms with E-state index in [0.29, 0.717) is 5.16 Å². The summed E-state index contributed by atoms with van der Waals surface area (Å²) >= 11 is 1.14. The maximum atomic E-state index is 12.6. The molecular formula is C18H16F3N5OS. The SMILES string of the molecule is Cc1cccc(C)c1-n1nnnc1SCC(=O)Nc1ccc(C(F)(F)F)cc1. The van der Waals surface area contributed by atoms with Crippen LogP contribution in [-0.4, -0.2) is 31.9 Å². The Hall–Kier alpha value is -2.88. The van der Waals surface area contributed by atoms with Crippen LogP contribution in [0.4, 0.5) is 18.9 Å². The Morgan fingerprint density at radius 2 is 1.75 bits per heavy atom. The summed E-state index contributed by atoms with van der Waals surface area (Å²) in [7, 11) is 0. The summed E-state index contributed by atoms with van der Waals surface area (Å²) in [6, 6.07) is 10.1. The van der Waals surface area contributed by atoms with Gasteiger partial charge in [0.15, 0.2) is 0 Å². The fourth-order valence-electron chi connectivity index (χ4n) is 2.62. The highest BCUT2D eigenvalue weighted by molar-refractivity contribution is 7.99. The molecule has 0 atom stereocenters. The van der Waals surface area contributed by atoms with Crippen LogP contribution in [-0.2, 0) is 11.0 Å². The van der Waals surface area contributed by atoms with Crippen molar-refractivity contribution in [3.05, 3.63) is 59.2 Å². The number of aryl methyl sites for hydroxylation is 2. The third-order valence-electron chi connectivity index (χ3n) is 3.92. The monoisotopic (exact) mass is 407 g/mol. The molecule has 0 radical (unpaired) electrons. The van der Waals surface area contributed by atoms with Crippen LogP contribution in [0.3, 0.4) is 0 Å². The fraction of sp³-hybridized carbons (Fsp3) is 0.222. The summed E-state index contributed by atoms with van der Waals surface area (Å²) in [5.41, 5.74) is 2.34. The van der Waals surface area contributed by atoms with Crippen LogP contribution in [0.2, 0.25) is 0 Å². The second kappa shape index (κ2) is 8.01. The van der Waals surface area contributed by atoms with Crippen LogP contribution in [0, 0.1) is 13.8 Å². The largest absolute Gasteiger partial charge is 0.416 e. The summed E-state index contributed by atoms with van der Waals surface area (Å²) in [4.78, 5) is 12.1. The molecule has 10 heteroatoms. The molecule has 0 bridgehead atoms. The summed E-state index contributed by atoms with van der Waals surface area (Å²) in [5, 5.41) is 14.6. The number of carbonyl (C=O) groups excluding carboxylic acids is 1. The second-order valence-electron chi connectivity index (χ2n) is 6.03. The molecule has 0 aliphatic heterocycles. The molecular weight excluding hydrogens is 391 g/mol. The van der Waals surface area contributed by atoms with Crippen molar-refractivity contribution in [3.8, 4) is 5.69 Å². The number of halogens is 3. The lowest BCUT2D eigenvalue weighted by molar-refractivity contribution is -0.137. The molecule has 0 saturated heterocycles. The van der Waals surface area contributed by atoms with E-state index in [2.05, 4.69) is 20.8 Å². The van der Waals surface area contributed by atoms with Gasteiger partial charge < -0.3 is 5.32 Å². The van der Waals surface area contributed by atoms with Crippen LogP contribution in [0.15, 0.2) is 47.6 Å². The number of thioether (sulfide) groups is 1. The standard InChI is InChI=1S/C18H16F3N5OS/c1-11-4-3-5-12(2)16(11)26-17(23-24-25-26)28-10-15(27)22-14-8-6-13(7-9-14)18(19,20)21/h3-9H,10H2,1-2H3,(H,22,27). The number of alkyl halides is 3. The molecule has 1 amide bonds. The number of aromatic nitrogens is 4. The average Bonchev–Trinajstić information content (AvgIpc) is 3.08. The molecule has 146 valence electrons. The Labute approximate surface area is 163 Å². The van der Waals surface area contributed by atoms with Crippen LogP contribution >= 0.6 is 11.8 Å². The van der Waals surface area contributed by atoms with Gasteiger partial charge in [0.05, 0.1) is 17.0 Å². The van der Waals surface area contributed by atoms with Crippen molar-refractivity contribution in [2.24, 2.45) is 0 Å². The van der Waals surface area contributed by atoms with Crippen molar-refractivity contribution in [1.82, 2.24) is 20.2 Å². The van der Waals surface area contributed by atoms with E-state index < -0.39 is 11.7 Å². The van der Waals surface area contributed by atoms with E-state index >= 15 is 0 Å². The minimum absolute atomic E-state index is 0.00627. The number of para-hydroxylation sites is 1. The van der Waals surface area contributed by atoms with Crippen molar-refractivity contribution >= 4 is 23.4 Å². The molecule has 0 unspecified atom stereocenters. The number of nitrogens with one attached hydrogen (secondary N) is 1. The minimum atomic E-state index is -4.41. The summed E-state index contributed by atoms with van der Waals surface area (Å²) < 4.78 is 39.3. The van der Waals surface area contributed by atoms with Gasteiger partial charge >= 0.3 is 6.18 Å². The van der Waals surface area contributed by atoms with Crippen LogP contribution in [0.5, 0.6) is 0 Å². The number of carbonyl (C=O) groups is 1. The number of rotatable bonds is 5. The maximum Gasteiger partial charge on any atom is 0.416 e. The predicted molar refractivity (Wildman–Crippen MR) is 99.4 cm³/mol. The number of hydrogen-bond donors (Lipinski definition) is 1. The van der Waals surface area contributed by atoms with E-state index in [1.165, 1.54) is 12.1 Å². The number of nitrogens with zero attached hydrogens (tertiary/aromatic N) is 4. The molecule has 0 fully saturated rings. The molecule has 28 heavy (non-hydrogen) atoms. The number of anilines is 1. The minimum Gasteiger partial charge on any atom is -0.325 e. The Kier molecular flexibility index (Phi) is 5.68. The zero-order chi connectivity index (χ0) is 20.3. The first kappa shape index (κ1) is 19.9. The first-order chi connectivity index (χ1) is 13.3. The van der Waals surface area contributed by atoms with Crippen molar-refractivity contribution in [2.45, 2.75) is 25.2 Å². The average molecular weight is 407 g/mol. The zero-order valence-electron chi connectivity index (χ0n) is 15.0. The quantitative estimate of drug-likeness (QED) is 0.647. The molecule has 1 N–H and O–H groups in total. The number of benzene rings is 2. The molecule has 3 rings (SSSR count). The molecule has 2 aromatic carbocycles. The molecule has 6 nitrogen and oxygen atoms in total. The lowest BCUT2D eigenvalue weighted by Gasteiger charge is -2.11. The summed E-state index contributed by atoms with van der Waals surface area (Å²) in [6.07, 6.45) is -4.41. The van der Waals surface area contributed by atoms with Crippen molar-refractivity contribution in [3.63, 3.8) is 0 Å². The van der Waals surface area contributed by atoms with Crippen LogP contribution in [0.25, 0.3) is 5.69 Å². The molecule has 1 heterocycles. The normalized spacial score (nSPS) is 11.5. The predicted octanol–water partition coefficient (Wildman–Crippen LogP) is 4.03. The Morgan fingerprint density at radius 3 is 2.36 bits per heavy atom. The van der Waals surface area contributed by atoms with Gasteiger partial charge in [0.2, 0.25) is 11.1 Å². The summed E-state index contributed by atoms with van der Waals surface area (Å²) in [5.74, 6) is -0.368. The van der Waals surface area contributed by atoms with Gasteiger partial charge in [0, 0.05) is 5.69 Å². The molecule has 0 aliphatic carbocycles. The maximum absolute atomic E-state index is 12.6. The third-order valence-corrected chi connectivity index (χ3v) is 4.84. The van der Waals surface area contributed by atoms with Gasteiger partial charge in [-0.05, 0) is 59.7 Å². The second-order valence-corrected chi connectivity index (χ2v) is 6.97. The lowest BCUT2D eigenvalue weighted by atomic mass is 10.1. The molecule has 0 saturated carbocycles. The first-order valence-electron chi connectivity index (χ1n) is 8.20. The lowest BCUT2D eigenvalue weighted by Crippen LogP contribution is -2.15. The summed E-state index contributed by atoms with van der Waals surface area (Å²) in [6.45, 7) is 3.88. The van der Waals surface area contributed by atoms with Crippen LogP contribution in [0.1, 0.15) is 16.7 Å². The van der Waals surface area contributed by atoms with Crippen molar-refractivity contribution < 1.29 is 18.0 Å². The highest BCUT2D eigenvalue weighted by atomic mass is 32.2. The molecule has 0 aliphatic rings. The van der Waals surface area contributed by atoms with E-state index in [1.807, 2.05) is 32.0 Å². The van der Waals surface area contributed by atoms with E-state index in [1.54, 1.807) is 4.68 Å². The topological polar surface area (TPSA) is 72.7 Å². The van der Waals surface area contributed by atoms with Gasteiger partial charge in [-0.15, -0.1) is 5.10 Å². The van der Waals surface area contributed by atoms with E-state index in [0.717, 1.165) is 40.7 Å². The van der Waals surface area contributed by atoms with E-state index in [9.17, 15) is 18.0 Å². The fourth-order valence-corrected chi connectivity index (χ4v) is 3.30. The Morgan fingerprint density at radius 1 is 1.11 bits per heavy atom. The Bertz CT molecular complexity index is 965. The van der Waals surface area contributed by atoms with Gasteiger partial charge in [-0.2, -0.15) is 17.9 Å². The smallest absolute Gasteiger partial charge is 0.325 e. The van der Waals surface area contributed by atoms with Gasteiger partial charge in [0.25, 0.3) is 0 Å². The first-order valence-corrected chi connectivity index (χ1v) is 9.19. The molecule has 1 aromatic heterocycles. The van der Waals surface area contributed by atoms with Crippen LogP contribution < -0.4 is 5.32 Å². The zero-order valence-corrected chi connectivity index (χ0v) is 15.8. The Balaban J connectivity index is 1.66. The van der Waals surface area contributed by atoms with Crippen molar-refractivity contribution in [1.29, 1.82) is 0 Å². The third kappa shape index (κ3) is 4.50. The van der Waals surface area contributed by atoms with E-state index in [4.69, 9.17) is 0 Å². The van der Waals surface area contributed by atoms with E-state index in [-0.39, 0.29) is 17.3 Å². The van der Waals surface area contributed by atoms with Gasteiger partial charge in [-0.3, -0.25) is 4.79 Å². The molecule has 0 spiro atoms. The van der Waals surface area contributed by atoms with Crippen molar-refractivity contribution in [2.75, 3.05) is 11.1 Å². The highest BCUT2D eigenvalue weighted by Gasteiger charge is 2.30. The van der Waals surface area contributed by atoms with Gasteiger partial charge in [-0.1, -0.05) is 30.0 Å². The molecule has 3 aromatic rings. The number of tetrazole rings is 1. The highest BCUT2D eigenvalue weighted by Crippen LogP contribution is 2.30. The van der Waals surface area contributed by atoms with Gasteiger partial charge in [0.1, 0.15) is 0 Å². The number of amides is 1. The number of hydrogen-bond acceptors (Lipinski definition) is 5.